The van der Waals surface area contributed by atoms with Gasteiger partial charge in [0.2, 0.25) is 0 Å². The van der Waals surface area contributed by atoms with E-state index in [0.29, 0.717) is 10.1 Å². The lowest BCUT2D eigenvalue weighted by Gasteiger charge is -2.05. The van der Waals surface area contributed by atoms with Crippen LogP contribution in [-0.2, 0) is 6.54 Å². The van der Waals surface area contributed by atoms with E-state index in [1.807, 2.05) is 72.1 Å². The molecule has 0 saturated carbocycles. The Morgan fingerprint density at radius 2 is 1.95 bits per heavy atom. The first-order valence-corrected chi connectivity index (χ1v) is 7.54. The summed E-state index contributed by atoms with van der Waals surface area (Å²) in [5.74, 6) is 0. The highest BCUT2D eigenvalue weighted by Gasteiger charge is 2.07. The molecule has 3 aromatic rings. The standard InChI is InChI=1S/C15H13IN4O/c1-11-14(16)15(21)19(10-17-11)9-12-7-8-20(18-12)13-5-3-2-4-6-13/h2-8,10H,9H2,1H3. The fourth-order valence-electron chi connectivity index (χ4n) is 2.00. The highest BCUT2D eigenvalue weighted by molar-refractivity contribution is 14.1. The van der Waals surface area contributed by atoms with Crippen molar-refractivity contribution in [3.8, 4) is 5.69 Å². The normalized spacial score (nSPS) is 10.8. The Labute approximate surface area is 135 Å². The lowest BCUT2D eigenvalue weighted by molar-refractivity contribution is 0.694. The van der Waals surface area contributed by atoms with E-state index in [9.17, 15) is 4.79 Å². The molecule has 0 aliphatic rings. The van der Waals surface area contributed by atoms with Crippen molar-refractivity contribution in [3.05, 3.63) is 74.2 Å². The Morgan fingerprint density at radius 3 is 2.71 bits per heavy atom. The molecule has 0 amide bonds. The van der Waals surface area contributed by atoms with E-state index in [2.05, 4.69) is 10.1 Å². The van der Waals surface area contributed by atoms with Crippen molar-refractivity contribution in [3.63, 3.8) is 0 Å². The van der Waals surface area contributed by atoms with Crippen LogP contribution in [0.1, 0.15) is 11.4 Å². The first-order valence-electron chi connectivity index (χ1n) is 6.46. The monoisotopic (exact) mass is 392 g/mol. The molecule has 21 heavy (non-hydrogen) atoms. The molecule has 0 fully saturated rings. The SMILES string of the molecule is Cc1ncn(Cc2ccn(-c3ccccc3)n2)c(=O)c1I. The maximum atomic E-state index is 12.2. The lowest BCUT2D eigenvalue weighted by atomic mass is 10.3. The van der Waals surface area contributed by atoms with Crippen LogP contribution >= 0.6 is 22.6 Å². The van der Waals surface area contributed by atoms with Crippen molar-refractivity contribution in [1.82, 2.24) is 19.3 Å². The minimum atomic E-state index is -0.0302. The summed E-state index contributed by atoms with van der Waals surface area (Å²) < 4.78 is 4.02. The number of para-hydroxylation sites is 1. The Hall–Kier alpha value is -1.96. The van der Waals surface area contributed by atoms with Gasteiger partial charge in [-0.15, -0.1) is 0 Å². The van der Waals surface area contributed by atoms with Gasteiger partial charge in [-0.3, -0.25) is 9.36 Å². The van der Waals surface area contributed by atoms with Gasteiger partial charge in [-0.05, 0) is 47.7 Å². The van der Waals surface area contributed by atoms with E-state index >= 15 is 0 Å². The number of nitrogens with zero attached hydrogens (tertiary/aromatic N) is 4. The Kier molecular flexibility index (Phi) is 3.87. The van der Waals surface area contributed by atoms with Gasteiger partial charge in [0.15, 0.2) is 0 Å². The summed E-state index contributed by atoms with van der Waals surface area (Å²) in [6.45, 7) is 2.25. The summed E-state index contributed by atoms with van der Waals surface area (Å²) in [5.41, 5.74) is 2.54. The van der Waals surface area contributed by atoms with Crippen LogP contribution in [0.5, 0.6) is 0 Å². The molecule has 0 spiro atoms. The average molecular weight is 392 g/mol. The molecule has 0 unspecified atom stereocenters. The van der Waals surface area contributed by atoms with Gasteiger partial charge >= 0.3 is 0 Å². The number of aromatic nitrogens is 4. The minimum absolute atomic E-state index is 0.0302. The van der Waals surface area contributed by atoms with Gasteiger partial charge in [-0.2, -0.15) is 5.10 Å². The minimum Gasteiger partial charge on any atom is -0.292 e. The predicted octanol–water partition coefficient (Wildman–Crippen LogP) is 2.39. The van der Waals surface area contributed by atoms with Gasteiger partial charge in [0.1, 0.15) is 0 Å². The van der Waals surface area contributed by atoms with Crippen molar-refractivity contribution in [2.45, 2.75) is 13.5 Å². The zero-order chi connectivity index (χ0) is 14.8. The molecular formula is C15H13IN4O. The van der Waals surface area contributed by atoms with Crippen molar-refractivity contribution < 1.29 is 0 Å². The molecule has 0 saturated heterocycles. The lowest BCUT2D eigenvalue weighted by Crippen LogP contribution is -2.24. The van der Waals surface area contributed by atoms with Gasteiger partial charge in [0.05, 0.1) is 33.5 Å². The molecule has 106 valence electrons. The maximum absolute atomic E-state index is 12.2. The van der Waals surface area contributed by atoms with Gasteiger partial charge in [0.25, 0.3) is 5.56 Å². The molecular weight excluding hydrogens is 379 g/mol. The van der Waals surface area contributed by atoms with Crippen molar-refractivity contribution in [1.29, 1.82) is 0 Å². The van der Waals surface area contributed by atoms with E-state index in [4.69, 9.17) is 0 Å². The van der Waals surface area contributed by atoms with E-state index in [-0.39, 0.29) is 5.56 Å². The van der Waals surface area contributed by atoms with Gasteiger partial charge < -0.3 is 0 Å². The fourth-order valence-corrected chi connectivity index (χ4v) is 2.45. The molecule has 1 aromatic carbocycles. The summed E-state index contributed by atoms with van der Waals surface area (Å²) in [5, 5.41) is 4.50. The molecule has 6 heteroatoms. The van der Waals surface area contributed by atoms with Crippen LogP contribution < -0.4 is 5.56 Å². The zero-order valence-corrected chi connectivity index (χ0v) is 13.6. The summed E-state index contributed by atoms with van der Waals surface area (Å²) in [6, 6.07) is 11.8. The third-order valence-electron chi connectivity index (χ3n) is 3.15. The third-order valence-corrected chi connectivity index (χ3v) is 4.40. The average Bonchev–Trinajstić information content (AvgIpc) is 2.97. The molecule has 0 bridgehead atoms. The van der Waals surface area contributed by atoms with Crippen molar-refractivity contribution in [2.75, 3.05) is 0 Å². The smallest absolute Gasteiger partial charge is 0.267 e. The van der Waals surface area contributed by atoms with E-state index in [1.54, 1.807) is 15.6 Å². The van der Waals surface area contributed by atoms with Crippen LogP contribution in [0.2, 0.25) is 0 Å². The molecule has 2 heterocycles. The fraction of sp³-hybridized carbons (Fsp3) is 0.133. The van der Waals surface area contributed by atoms with Gasteiger partial charge in [-0.1, -0.05) is 18.2 Å². The molecule has 0 atom stereocenters. The highest BCUT2D eigenvalue weighted by atomic mass is 127. The predicted molar refractivity (Wildman–Crippen MR) is 88.6 cm³/mol. The second-order valence-corrected chi connectivity index (χ2v) is 5.74. The van der Waals surface area contributed by atoms with E-state index in [0.717, 1.165) is 17.1 Å². The van der Waals surface area contributed by atoms with Crippen LogP contribution in [0.15, 0.2) is 53.7 Å². The topological polar surface area (TPSA) is 52.7 Å². The molecule has 0 aliphatic carbocycles. The van der Waals surface area contributed by atoms with E-state index in [1.165, 1.54) is 0 Å². The number of hydrogen-bond acceptors (Lipinski definition) is 3. The number of hydrogen-bond donors (Lipinski definition) is 0. The molecule has 0 aliphatic heterocycles. The van der Waals surface area contributed by atoms with Gasteiger partial charge in [0, 0.05) is 6.20 Å². The Morgan fingerprint density at radius 1 is 1.19 bits per heavy atom. The van der Waals surface area contributed by atoms with Crippen LogP contribution in [0, 0.1) is 10.5 Å². The number of benzene rings is 1. The van der Waals surface area contributed by atoms with E-state index < -0.39 is 0 Å². The second-order valence-electron chi connectivity index (χ2n) is 4.66. The highest BCUT2D eigenvalue weighted by Crippen LogP contribution is 2.08. The Balaban J connectivity index is 1.89. The maximum Gasteiger partial charge on any atom is 0.267 e. The first kappa shape index (κ1) is 14.0. The number of aryl methyl sites for hydroxylation is 1. The zero-order valence-electron chi connectivity index (χ0n) is 11.4. The molecule has 0 N–H and O–H groups in total. The summed E-state index contributed by atoms with van der Waals surface area (Å²) in [6.07, 6.45) is 3.46. The number of rotatable bonds is 3. The summed E-state index contributed by atoms with van der Waals surface area (Å²) in [4.78, 5) is 16.4. The second kappa shape index (κ2) is 5.80. The first-order chi connectivity index (χ1) is 10.1. The van der Waals surface area contributed by atoms with Crippen LogP contribution in [0.4, 0.5) is 0 Å². The number of halogens is 1. The Bertz CT molecular complexity index is 823. The van der Waals surface area contributed by atoms with Crippen molar-refractivity contribution in [2.24, 2.45) is 0 Å². The molecule has 2 aromatic heterocycles. The quantitative estimate of drug-likeness (QED) is 0.644. The summed E-state index contributed by atoms with van der Waals surface area (Å²) in [7, 11) is 0. The molecule has 0 radical (unpaired) electrons. The largest absolute Gasteiger partial charge is 0.292 e. The van der Waals surface area contributed by atoms with Crippen molar-refractivity contribution >= 4 is 22.6 Å². The van der Waals surface area contributed by atoms with Crippen LogP contribution in [0.3, 0.4) is 0 Å². The molecule has 5 nitrogen and oxygen atoms in total. The summed E-state index contributed by atoms with van der Waals surface area (Å²) >= 11 is 2.03. The third kappa shape index (κ3) is 2.90. The van der Waals surface area contributed by atoms with Crippen LogP contribution in [0.25, 0.3) is 5.69 Å². The molecule has 3 rings (SSSR count). The van der Waals surface area contributed by atoms with Crippen LogP contribution in [-0.4, -0.2) is 19.3 Å². The van der Waals surface area contributed by atoms with Gasteiger partial charge in [-0.25, -0.2) is 9.67 Å².